The molecule has 28 heavy (non-hydrogen) atoms. The summed E-state index contributed by atoms with van der Waals surface area (Å²) in [4.78, 5) is 0. The fourth-order valence-corrected chi connectivity index (χ4v) is 2.11. The molecule has 0 fully saturated rings. The van der Waals surface area contributed by atoms with Crippen molar-refractivity contribution < 1.29 is 67.6 Å². The van der Waals surface area contributed by atoms with E-state index < -0.39 is 58.9 Å². The Bertz CT molecular complexity index is 629. The van der Waals surface area contributed by atoms with Gasteiger partial charge in [0.1, 0.15) is 5.75 Å². The largest absolute Gasteiger partial charge is 0.497 e. The molecule has 1 rings (SSSR count). The fourth-order valence-electron chi connectivity index (χ4n) is 2.11. The van der Waals surface area contributed by atoms with Crippen LogP contribution in [0.4, 0.5) is 52.7 Å². The van der Waals surface area contributed by atoms with E-state index in [1.165, 1.54) is 0 Å². The number of alkyl halides is 12. The number of aliphatic hydroxyl groups is 2. The lowest BCUT2D eigenvalue weighted by Crippen LogP contribution is -2.55. The molecule has 0 aromatic heterocycles. The van der Waals surface area contributed by atoms with Gasteiger partial charge in [-0.1, -0.05) is 0 Å². The van der Waals surface area contributed by atoms with Crippen LogP contribution in [0.1, 0.15) is 11.1 Å². The predicted octanol–water partition coefficient (Wildman–Crippen LogP) is 4.32. The molecule has 3 nitrogen and oxygen atoms in total. The molecule has 162 valence electrons. The van der Waals surface area contributed by atoms with Gasteiger partial charge in [-0.25, -0.2) is 0 Å². The zero-order valence-electron chi connectivity index (χ0n) is 13.1. The second-order valence-corrected chi connectivity index (χ2v) is 5.36. The molecule has 0 aliphatic heterocycles. The molecule has 0 saturated heterocycles. The van der Waals surface area contributed by atoms with Crippen molar-refractivity contribution in [2.75, 3.05) is 7.11 Å². The van der Waals surface area contributed by atoms with E-state index in [0.29, 0.717) is 7.11 Å². The minimum Gasteiger partial charge on any atom is -0.497 e. The van der Waals surface area contributed by atoms with Crippen molar-refractivity contribution >= 4 is 0 Å². The summed E-state index contributed by atoms with van der Waals surface area (Å²) in [6, 6.07) is -1.43. The Kier molecular flexibility index (Phi) is 5.67. The summed E-state index contributed by atoms with van der Waals surface area (Å²) in [7, 11) is 0.503. The normalized spacial score (nSPS) is 15.0. The van der Waals surface area contributed by atoms with Crippen molar-refractivity contribution in [3.63, 3.8) is 0 Å². The van der Waals surface area contributed by atoms with Gasteiger partial charge in [0.2, 0.25) is 0 Å². The molecule has 1 aromatic rings. The Balaban J connectivity index is 4.01. The first-order valence-corrected chi connectivity index (χ1v) is 6.56. The highest BCUT2D eigenvalue weighted by Gasteiger charge is 2.74. The Morgan fingerprint density at radius 1 is 0.571 bits per heavy atom. The van der Waals surface area contributed by atoms with Gasteiger partial charge in [0.05, 0.1) is 7.11 Å². The van der Waals surface area contributed by atoms with Gasteiger partial charge < -0.3 is 14.9 Å². The Morgan fingerprint density at radius 3 is 1.00 bits per heavy atom. The zero-order valence-corrected chi connectivity index (χ0v) is 13.1. The van der Waals surface area contributed by atoms with E-state index in [9.17, 15) is 62.9 Å². The van der Waals surface area contributed by atoms with Crippen molar-refractivity contribution in [3.8, 4) is 5.75 Å². The summed E-state index contributed by atoms with van der Waals surface area (Å²) in [5.74, 6) is -1.36. The first-order valence-electron chi connectivity index (χ1n) is 6.56. The van der Waals surface area contributed by atoms with E-state index in [-0.39, 0.29) is 12.1 Å². The highest BCUT2D eigenvalue weighted by atomic mass is 19.4. The Morgan fingerprint density at radius 2 is 0.821 bits per heavy atom. The maximum atomic E-state index is 12.9. The molecule has 0 saturated carbocycles. The number of ether oxygens (including phenoxy) is 1. The molecule has 1 aromatic carbocycles. The summed E-state index contributed by atoms with van der Waals surface area (Å²) in [6.07, 6.45) is -26.4. The average Bonchev–Trinajstić information content (AvgIpc) is 2.48. The molecular weight excluding hydrogens is 432 g/mol. The van der Waals surface area contributed by atoms with E-state index >= 15 is 0 Å². The van der Waals surface area contributed by atoms with Gasteiger partial charge in [-0.3, -0.25) is 0 Å². The van der Waals surface area contributed by atoms with Crippen molar-refractivity contribution in [2.45, 2.75) is 35.9 Å². The number of benzene rings is 1. The Hall–Kier alpha value is -1.90. The molecule has 0 amide bonds. The Labute approximate surface area is 147 Å². The average molecular weight is 440 g/mol. The maximum Gasteiger partial charge on any atom is 0.430 e. The first-order chi connectivity index (χ1) is 12.1. The van der Waals surface area contributed by atoms with Crippen LogP contribution < -0.4 is 4.74 Å². The van der Waals surface area contributed by atoms with Crippen LogP contribution in [0.15, 0.2) is 18.2 Å². The second-order valence-electron chi connectivity index (χ2n) is 5.36. The number of halogens is 12. The third kappa shape index (κ3) is 3.56. The van der Waals surface area contributed by atoms with Crippen molar-refractivity contribution in [2.24, 2.45) is 0 Å². The van der Waals surface area contributed by atoms with Gasteiger partial charge in [0, 0.05) is 11.1 Å². The third-order valence-electron chi connectivity index (χ3n) is 3.62. The van der Waals surface area contributed by atoms with Crippen LogP contribution in [0.2, 0.25) is 0 Å². The second kappa shape index (κ2) is 6.57. The molecular formula is C13H8F12O3. The van der Waals surface area contributed by atoms with Gasteiger partial charge in [0.25, 0.3) is 11.2 Å². The molecule has 15 heteroatoms. The summed E-state index contributed by atoms with van der Waals surface area (Å²) in [5, 5.41) is 18.4. The first kappa shape index (κ1) is 24.1. The highest BCUT2D eigenvalue weighted by molar-refractivity contribution is 5.43. The van der Waals surface area contributed by atoms with Crippen molar-refractivity contribution in [1.82, 2.24) is 0 Å². The number of methoxy groups -OCH3 is 1. The summed E-state index contributed by atoms with van der Waals surface area (Å²) < 4.78 is 159. The topological polar surface area (TPSA) is 49.7 Å². The van der Waals surface area contributed by atoms with Gasteiger partial charge in [-0.05, 0) is 18.2 Å². The molecule has 0 aliphatic rings. The van der Waals surface area contributed by atoms with Crippen LogP contribution in [-0.4, -0.2) is 42.0 Å². The molecule has 0 radical (unpaired) electrons. The maximum absolute atomic E-state index is 12.9. The van der Waals surface area contributed by atoms with E-state index in [0.717, 1.165) is 0 Å². The van der Waals surface area contributed by atoms with Gasteiger partial charge in [0.15, 0.2) is 0 Å². The minimum atomic E-state index is -6.61. The van der Waals surface area contributed by atoms with Crippen LogP contribution in [0.25, 0.3) is 0 Å². The van der Waals surface area contributed by atoms with Crippen LogP contribution in [-0.2, 0) is 11.2 Å². The molecule has 0 unspecified atom stereocenters. The number of rotatable bonds is 3. The molecule has 2 N–H and O–H groups in total. The van der Waals surface area contributed by atoms with Crippen molar-refractivity contribution in [1.29, 1.82) is 0 Å². The third-order valence-corrected chi connectivity index (χ3v) is 3.62. The lowest BCUT2D eigenvalue weighted by molar-refractivity contribution is -0.378. The molecule has 0 atom stereocenters. The van der Waals surface area contributed by atoms with Gasteiger partial charge in [-0.15, -0.1) is 0 Å². The van der Waals surface area contributed by atoms with Gasteiger partial charge >= 0.3 is 24.7 Å². The number of hydrogen-bond donors (Lipinski definition) is 2. The quantitative estimate of drug-likeness (QED) is 0.689. The van der Waals surface area contributed by atoms with Crippen LogP contribution >= 0.6 is 0 Å². The lowest BCUT2D eigenvalue weighted by atomic mass is 9.85. The standard InChI is InChI=1S/C13H8F12O3/c1-28-7-3-5(8(26,10(14,15)16)11(17,18)19)2-6(4-7)9(27,12(20,21)22)13(23,24)25/h2-4,26-27H,1H3. The van der Waals surface area contributed by atoms with E-state index in [1.54, 1.807) is 0 Å². The SMILES string of the molecule is COc1cc(C(O)(C(F)(F)F)C(F)(F)F)cc(C(O)(C(F)(F)F)C(F)(F)F)c1. The minimum absolute atomic E-state index is 0.266. The van der Waals surface area contributed by atoms with Crippen LogP contribution in [0, 0.1) is 0 Å². The summed E-state index contributed by atoms with van der Waals surface area (Å²) >= 11 is 0. The van der Waals surface area contributed by atoms with E-state index in [2.05, 4.69) is 4.74 Å². The van der Waals surface area contributed by atoms with E-state index in [4.69, 9.17) is 0 Å². The van der Waals surface area contributed by atoms with Gasteiger partial charge in [-0.2, -0.15) is 52.7 Å². The predicted molar refractivity (Wildman–Crippen MR) is 65.0 cm³/mol. The number of hydrogen-bond acceptors (Lipinski definition) is 3. The lowest BCUT2D eigenvalue weighted by Gasteiger charge is -2.36. The van der Waals surface area contributed by atoms with E-state index in [1.807, 2.05) is 0 Å². The fraction of sp³-hybridized carbons (Fsp3) is 0.538. The summed E-state index contributed by atoms with van der Waals surface area (Å²) in [6.45, 7) is 0. The monoisotopic (exact) mass is 440 g/mol. The van der Waals surface area contributed by atoms with Crippen LogP contribution in [0.3, 0.4) is 0 Å². The van der Waals surface area contributed by atoms with Crippen molar-refractivity contribution in [3.05, 3.63) is 29.3 Å². The highest BCUT2D eigenvalue weighted by Crippen LogP contribution is 2.54. The van der Waals surface area contributed by atoms with Crippen LogP contribution in [0.5, 0.6) is 5.75 Å². The molecule has 0 heterocycles. The summed E-state index contributed by atoms with van der Waals surface area (Å²) in [5.41, 5.74) is -16.7. The zero-order chi connectivity index (χ0) is 22.6. The smallest absolute Gasteiger partial charge is 0.430 e. The molecule has 0 spiro atoms. The molecule has 0 aliphatic carbocycles. The molecule has 0 bridgehead atoms.